The van der Waals surface area contributed by atoms with E-state index in [1.165, 1.54) is 11.3 Å². The number of hydrogen-bond donors (Lipinski definition) is 2. The number of thiazole rings is 1. The van der Waals surface area contributed by atoms with Crippen LogP contribution in [-0.4, -0.2) is 28.6 Å². The van der Waals surface area contributed by atoms with Gasteiger partial charge in [-0.15, -0.1) is 22.7 Å². The number of thiophene rings is 1. The highest BCUT2D eigenvalue weighted by molar-refractivity contribution is 7.20. The minimum Gasteiger partial charge on any atom is -0.394 e. The molecule has 0 bridgehead atoms. The Morgan fingerprint density at radius 2 is 2.41 bits per heavy atom. The molecule has 2 N–H and O–H groups in total. The predicted octanol–water partition coefficient (Wildman–Crippen LogP) is 1.98. The van der Waals surface area contributed by atoms with Gasteiger partial charge in [-0.25, -0.2) is 4.98 Å². The summed E-state index contributed by atoms with van der Waals surface area (Å²) in [6, 6.07) is 3.67. The smallest absolute Gasteiger partial charge is 0.271 e. The minimum absolute atomic E-state index is 0.0757. The lowest BCUT2D eigenvalue weighted by atomic mass is 10.3. The summed E-state index contributed by atoms with van der Waals surface area (Å²) in [5.74, 6) is -0.245. The van der Waals surface area contributed by atoms with Crippen LogP contribution in [0.25, 0.3) is 9.88 Å². The van der Waals surface area contributed by atoms with Gasteiger partial charge < -0.3 is 10.4 Å². The van der Waals surface area contributed by atoms with E-state index >= 15 is 0 Å². The van der Waals surface area contributed by atoms with E-state index in [1.54, 1.807) is 23.6 Å². The molecule has 2 aromatic heterocycles. The van der Waals surface area contributed by atoms with E-state index in [0.717, 1.165) is 9.88 Å². The Morgan fingerprint density at radius 3 is 3.06 bits per heavy atom. The highest BCUT2D eigenvalue weighted by atomic mass is 32.1. The first-order valence-corrected chi connectivity index (χ1v) is 6.87. The number of hydrogen-bond acceptors (Lipinski definition) is 5. The van der Waals surface area contributed by atoms with Crippen LogP contribution in [0.2, 0.25) is 0 Å². The van der Waals surface area contributed by atoms with Crippen LogP contribution in [0, 0.1) is 0 Å². The summed E-state index contributed by atoms with van der Waals surface area (Å²) in [7, 11) is 0. The Labute approximate surface area is 107 Å². The van der Waals surface area contributed by atoms with Crippen molar-refractivity contribution in [3.8, 4) is 9.88 Å². The zero-order valence-corrected chi connectivity index (χ0v) is 10.8. The Balaban J connectivity index is 2.11. The van der Waals surface area contributed by atoms with Gasteiger partial charge in [0.25, 0.3) is 5.91 Å². The molecule has 0 fully saturated rings. The van der Waals surface area contributed by atoms with Gasteiger partial charge in [0.2, 0.25) is 0 Å². The van der Waals surface area contributed by atoms with Gasteiger partial charge in [-0.05, 0) is 18.4 Å². The average Bonchev–Trinajstić information content (AvgIpc) is 2.98. The van der Waals surface area contributed by atoms with Crippen LogP contribution in [0.3, 0.4) is 0 Å². The minimum atomic E-state index is -0.255. The number of aromatic nitrogens is 1. The van der Waals surface area contributed by atoms with Crippen LogP contribution in [-0.2, 0) is 0 Å². The number of aliphatic hydroxyl groups excluding tert-OH is 1. The second-order valence-electron chi connectivity index (χ2n) is 3.57. The van der Waals surface area contributed by atoms with Crippen molar-refractivity contribution in [1.82, 2.24) is 10.3 Å². The maximum atomic E-state index is 11.7. The molecule has 0 spiro atoms. The summed E-state index contributed by atoms with van der Waals surface area (Å²) in [4.78, 5) is 17.1. The van der Waals surface area contributed by atoms with Crippen molar-refractivity contribution in [2.24, 2.45) is 0 Å². The van der Waals surface area contributed by atoms with Crippen LogP contribution >= 0.6 is 22.7 Å². The molecule has 2 heterocycles. The summed E-state index contributed by atoms with van der Waals surface area (Å²) in [6.45, 7) is 1.66. The van der Waals surface area contributed by atoms with Crippen molar-refractivity contribution in [3.05, 3.63) is 28.6 Å². The highest BCUT2D eigenvalue weighted by Gasteiger charge is 2.13. The number of rotatable bonds is 4. The van der Waals surface area contributed by atoms with E-state index in [2.05, 4.69) is 10.3 Å². The van der Waals surface area contributed by atoms with Crippen LogP contribution < -0.4 is 5.32 Å². The molecule has 17 heavy (non-hydrogen) atoms. The van der Waals surface area contributed by atoms with Gasteiger partial charge in [0.1, 0.15) is 10.7 Å². The first-order chi connectivity index (χ1) is 8.20. The lowest BCUT2D eigenvalue weighted by molar-refractivity contribution is 0.0918. The molecule has 0 aliphatic rings. The second kappa shape index (κ2) is 5.39. The van der Waals surface area contributed by atoms with Crippen molar-refractivity contribution in [1.29, 1.82) is 0 Å². The normalized spacial score (nSPS) is 12.4. The first kappa shape index (κ1) is 12.2. The maximum absolute atomic E-state index is 11.7. The van der Waals surface area contributed by atoms with Crippen LogP contribution in [0.1, 0.15) is 17.4 Å². The van der Waals surface area contributed by atoms with E-state index in [9.17, 15) is 4.79 Å². The zero-order valence-electron chi connectivity index (χ0n) is 9.21. The molecule has 0 saturated heterocycles. The number of carbonyl (C=O) groups is 1. The number of nitrogens with one attached hydrogen (secondary N) is 1. The molecule has 4 nitrogen and oxygen atoms in total. The fourth-order valence-corrected chi connectivity index (χ4v) is 2.85. The molecule has 0 aliphatic carbocycles. The molecule has 0 radical (unpaired) electrons. The summed E-state index contributed by atoms with van der Waals surface area (Å²) in [6.07, 6.45) is 0. The monoisotopic (exact) mass is 268 g/mol. The molecular formula is C11H12N2O2S2. The predicted molar refractivity (Wildman–Crippen MR) is 69.4 cm³/mol. The molecular weight excluding hydrogens is 256 g/mol. The lowest BCUT2D eigenvalue weighted by Crippen LogP contribution is -2.35. The Bertz CT molecular complexity index is 493. The molecule has 6 heteroatoms. The molecule has 0 aliphatic heterocycles. The standard InChI is InChI=1S/C11H12N2O2S2/c1-7(5-14)12-10(15)8-6-17-11(13-8)9-3-2-4-16-9/h2-4,6-7,14H,5H2,1H3,(H,12,15)/t7-/m1/s1. The first-order valence-electron chi connectivity index (χ1n) is 5.12. The van der Waals surface area contributed by atoms with Crippen LogP contribution in [0.15, 0.2) is 22.9 Å². The van der Waals surface area contributed by atoms with Crippen molar-refractivity contribution < 1.29 is 9.90 Å². The van der Waals surface area contributed by atoms with Gasteiger partial charge in [-0.1, -0.05) is 6.07 Å². The Morgan fingerprint density at radius 1 is 1.59 bits per heavy atom. The van der Waals surface area contributed by atoms with Gasteiger partial charge in [-0.3, -0.25) is 4.79 Å². The fraction of sp³-hybridized carbons (Fsp3) is 0.273. The molecule has 2 rings (SSSR count). The summed E-state index contributed by atoms with van der Waals surface area (Å²) in [5.41, 5.74) is 0.402. The van der Waals surface area contributed by atoms with E-state index < -0.39 is 0 Å². The van der Waals surface area contributed by atoms with E-state index in [-0.39, 0.29) is 18.6 Å². The van der Waals surface area contributed by atoms with Crippen molar-refractivity contribution in [2.75, 3.05) is 6.61 Å². The molecule has 1 atom stereocenters. The summed E-state index contributed by atoms with van der Waals surface area (Å²) >= 11 is 3.04. The maximum Gasteiger partial charge on any atom is 0.271 e. The van der Waals surface area contributed by atoms with Gasteiger partial charge >= 0.3 is 0 Å². The van der Waals surface area contributed by atoms with Gasteiger partial charge in [0.05, 0.1) is 11.5 Å². The Kier molecular flexibility index (Phi) is 3.88. The molecule has 90 valence electrons. The average molecular weight is 268 g/mol. The fourth-order valence-electron chi connectivity index (χ4n) is 1.23. The van der Waals surface area contributed by atoms with E-state index in [1.807, 2.05) is 17.5 Å². The molecule has 0 aromatic carbocycles. The SMILES string of the molecule is C[C@H](CO)NC(=O)c1csc(-c2cccs2)n1. The van der Waals surface area contributed by atoms with Gasteiger partial charge in [-0.2, -0.15) is 0 Å². The number of carbonyl (C=O) groups excluding carboxylic acids is 1. The number of nitrogens with zero attached hydrogens (tertiary/aromatic N) is 1. The van der Waals surface area contributed by atoms with Crippen LogP contribution in [0.5, 0.6) is 0 Å². The Hall–Kier alpha value is -1.24. The van der Waals surface area contributed by atoms with Crippen molar-refractivity contribution in [2.45, 2.75) is 13.0 Å². The quantitative estimate of drug-likeness (QED) is 0.891. The third kappa shape index (κ3) is 2.91. The van der Waals surface area contributed by atoms with Gasteiger partial charge in [0.15, 0.2) is 0 Å². The molecule has 0 unspecified atom stereocenters. The van der Waals surface area contributed by atoms with Crippen LogP contribution in [0.4, 0.5) is 0 Å². The van der Waals surface area contributed by atoms with Crippen molar-refractivity contribution in [3.63, 3.8) is 0 Å². The summed E-state index contributed by atoms with van der Waals surface area (Å²) < 4.78 is 0. The largest absolute Gasteiger partial charge is 0.394 e. The van der Waals surface area contributed by atoms with Crippen molar-refractivity contribution >= 4 is 28.6 Å². The summed E-state index contributed by atoms with van der Waals surface area (Å²) in [5, 5.41) is 16.1. The third-order valence-electron chi connectivity index (χ3n) is 2.12. The third-order valence-corrected chi connectivity index (χ3v) is 4.00. The molecule has 1 amide bonds. The lowest BCUT2D eigenvalue weighted by Gasteiger charge is -2.08. The highest BCUT2D eigenvalue weighted by Crippen LogP contribution is 2.27. The molecule has 2 aromatic rings. The van der Waals surface area contributed by atoms with Gasteiger partial charge in [0, 0.05) is 11.4 Å². The second-order valence-corrected chi connectivity index (χ2v) is 5.38. The van der Waals surface area contributed by atoms with E-state index in [0.29, 0.717) is 5.69 Å². The number of amides is 1. The van der Waals surface area contributed by atoms with E-state index in [4.69, 9.17) is 5.11 Å². The zero-order chi connectivity index (χ0) is 12.3. The topological polar surface area (TPSA) is 62.2 Å². The number of aliphatic hydroxyl groups is 1. The molecule has 0 saturated carbocycles.